The Bertz CT molecular complexity index is 912. The Hall–Kier alpha value is -2.71. The van der Waals surface area contributed by atoms with E-state index in [4.69, 9.17) is 14.5 Å². The Morgan fingerprint density at radius 3 is 3.11 bits per heavy atom. The first-order valence-corrected chi connectivity index (χ1v) is 9.18. The van der Waals surface area contributed by atoms with Gasteiger partial charge in [-0.25, -0.2) is 9.97 Å². The Morgan fingerprint density at radius 2 is 2.26 bits per heavy atom. The summed E-state index contributed by atoms with van der Waals surface area (Å²) < 4.78 is 12.8. The third kappa shape index (κ3) is 3.86. The van der Waals surface area contributed by atoms with E-state index in [1.807, 2.05) is 29.7 Å². The van der Waals surface area contributed by atoms with Gasteiger partial charge in [0.05, 0.1) is 36.6 Å². The van der Waals surface area contributed by atoms with Gasteiger partial charge in [0, 0.05) is 31.8 Å². The van der Waals surface area contributed by atoms with Crippen molar-refractivity contribution in [1.29, 1.82) is 0 Å². The molecule has 1 aliphatic rings. The van der Waals surface area contributed by atoms with Crippen LogP contribution in [0.25, 0.3) is 16.9 Å². The second-order valence-corrected chi connectivity index (χ2v) is 6.60. The maximum atomic E-state index is 5.61. The van der Waals surface area contributed by atoms with E-state index in [2.05, 4.69) is 20.6 Å². The molecule has 4 rings (SSSR count). The van der Waals surface area contributed by atoms with Crippen molar-refractivity contribution in [2.24, 2.45) is 0 Å². The fourth-order valence-corrected chi connectivity index (χ4v) is 3.43. The number of aromatic nitrogens is 4. The molecule has 2 aromatic heterocycles. The van der Waals surface area contributed by atoms with Crippen molar-refractivity contribution in [2.45, 2.75) is 25.4 Å². The number of fused-ring (bicyclic) bond motifs is 1. The lowest BCUT2D eigenvalue weighted by atomic mass is 10.2. The van der Waals surface area contributed by atoms with E-state index in [1.54, 1.807) is 25.8 Å². The van der Waals surface area contributed by atoms with Crippen LogP contribution in [0.5, 0.6) is 5.75 Å². The third-order valence-electron chi connectivity index (χ3n) is 4.64. The van der Waals surface area contributed by atoms with Crippen LogP contribution < -0.4 is 15.4 Å². The quantitative estimate of drug-likeness (QED) is 0.660. The molecule has 8 nitrogen and oxygen atoms in total. The van der Waals surface area contributed by atoms with Gasteiger partial charge >= 0.3 is 0 Å². The number of nitrogens with one attached hydrogen (secondary N) is 2. The van der Waals surface area contributed by atoms with Crippen molar-refractivity contribution in [3.8, 4) is 11.6 Å². The Balaban J connectivity index is 1.56. The summed E-state index contributed by atoms with van der Waals surface area (Å²) in [5.41, 5.74) is 1.83. The molecular weight excluding hydrogens is 344 g/mol. The molecule has 3 aromatic rings. The highest BCUT2D eigenvalue weighted by molar-refractivity contribution is 5.78. The number of imidazole rings is 1. The second kappa shape index (κ2) is 7.89. The molecule has 1 fully saturated rings. The summed E-state index contributed by atoms with van der Waals surface area (Å²) in [6.45, 7) is 4.19. The van der Waals surface area contributed by atoms with E-state index < -0.39 is 0 Å². The molecule has 0 spiro atoms. The van der Waals surface area contributed by atoms with Crippen LogP contribution in [0.15, 0.2) is 36.9 Å². The minimum absolute atomic E-state index is 0.304. The van der Waals surface area contributed by atoms with Gasteiger partial charge in [0.25, 0.3) is 0 Å². The highest BCUT2D eigenvalue weighted by atomic mass is 16.5. The molecule has 0 bridgehead atoms. The highest BCUT2D eigenvalue weighted by Crippen LogP contribution is 2.23. The Kier molecular flexibility index (Phi) is 5.17. The van der Waals surface area contributed by atoms with E-state index in [0.29, 0.717) is 25.3 Å². The summed E-state index contributed by atoms with van der Waals surface area (Å²) in [6.07, 6.45) is 6.24. The maximum Gasteiger partial charge on any atom is 0.159 e. The fourth-order valence-electron chi connectivity index (χ4n) is 3.43. The van der Waals surface area contributed by atoms with Gasteiger partial charge in [-0.15, -0.1) is 0 Å². The Labute approximate surface area is 157 Å². The van der Waals surface area contributed by atoms with Crippen molar-refractivity contribution >= 4 is 16.9 Å². The number of hydrogen-bond donors (Lipinski definition) is 2. The van der Waals surface area contributed by atoms with Crippen LogP contribution in [0, 0.1) is 0 Å². The van der Waals surface area contributed by atoms with Gasteiger partial charge in [0.2, 0.25) is 0 Å². The molecule has 0 amide bonds. The average Bonchev–Trinajstić information content (AvgIpc) is 3.29. The predicted octanol–water partition coefficient (Wildman–Crippen LogP) is 2.00. The molecule has 2 atom stereocenters. The summed E-state index contributed by atoms with van der Waals surface area (Å²) in [7, 11) is 1.73. The summed E-state index contributed by atoms with van der Waals surface area (Å²) >= 11 is 0. The van der Waals surface area contributed by atoms with Crippen molar-refractivity contribution in [2.75, 3.05) is 32.2 Å². The molecular formula is C19H24N6O2. The number of methoxy groups -OCH3 is 1. The van der Waals surface area contributed by atoms with Crippen LogP contribution in [-0.4, -0.2) is 58.5 Å². The van der Waals surface area contributed by atoms with Crippen LogP contribution in [0.1, 0.15) is 13.3 Å². The van der Waals surface area contributed by atoms with Gasteiger partial charge in [0.1, 0.15) is 17.9 Å². The van der Waals surface area contributed by atoms with Crippen molar-refractivity contribution < 1.29 is 9.47 Å². The lowest BCUT2D eigenvalue weighted by Crippen LogP contribution is -2.26. The number of ether oxygens (including phenoxy) is 2. The first-order valence-electron chi connectivity index (χ1n) is 9.18. The van der Waals surface area contributed by atoms with E-state index in [1.165, 1.54) is 0 Å². The second-order valence-electron chi connectivity index (χ2n) is 6.60. The minimum atomic E-state index is 0.304. The molecule has 27 heavy (non-hydrogen) atoms. The number of rotatable bonds is 7. The molecule has 2 unspecified atom stereocenters. The first kappa shape index (κ1) is 17.7. The van der Waals surface area contributed by atoms with Crippen LogP contribution in [0.3, 0.4) is 0 Å². The largest absolute Gasteiger partial charge is 0.494 e. The molecule has 3 heterocycles. The maximum absolute atomic E-state index is 5.61. The van der Waals surface area contributed by atoms with Crippen LogP contribution in [0.2, 0.25) is 0 Å². The predicted molar refractivity (Wildman–Crippen MR) is 104 cm³/mol. The number of hydrogen-bond acceptors (Lipinski definition) is 7. The highest BCUT2D eigenvalue weighted by Gasteiger charge is 2.24. The van der Waals surface area contributed by atoms with E-state index in [-0.39, 0.29) is 0 Å². The smallest absolute Gasteiger partial charge is 0.159 e. The van der Waals surface area contributed by atoms with Crippen LogP contribution >= 0.6 is 0 Å². The summed E-state index contributed by atoms with van der Waals surface area (Å²) in [5.74, 6) is 2.28. The monoisotopic (exact) mass is 368 g/mol. The lowest BCUT2D eigenvalue weighted by Gasteiger charge is -2.13. The minimum Gasteiger partial charge on any atom is -0.494 e. The number of benzene rings is 1. The number of anilines is 1. The normalized spacial score (nSPS) is 19.5. The van der Waals surface area contributed by atoms with E-state index in [9.17, 15) is 0 Å². The molecule has 1 saturated heterocycles. The zero-order chi connectivity index (χ0) is 18.6. The van der Waals surface area contributed by atoms with Crippen molar-refractivity contribution in [1.82, 2.24) is 24.8 Å². The van der Waals surface area contributed by atoms with Gasteiger partial charge < -0.3 is 20.1 Å². The summed E-state index contributed by atoms with van der Waals surface area (Å²) in [6, 6.07) is 6.53. The molecule has 1 aliphatic heterocycles. The SMILES string of the molecule is CCOc1ccc2ncn(-c3cncc(NC4CNC(COC)C4)n3)c2c1. The topological polar surface area (TPSA) is 86.1 Å². The average molecular weight is 368 g/mol. The molecule has 142 valence electrons. The molecule has 0 saturated carbocycles. The zero-order valence-electron chi connectivity index (χ0n) is 15.6. The fraction of sp³-hybridized carbons (Fsp3) is 0.421. The first-order chi connectivity index (χ1) is 13.3. The van der Waals surface area contributed by atoms with E-state index >= 15 is 0 Å². The van der Waals surface area contributed by atoms with E-state index in [0.717, 1.165) is 41.4 Å². The molecule has 0 radical (unpaired) electrons. The standard InChI is InChI=1S/C19H24N6O2/c1-3-27-15-4-5-16-17(7-15)25(12-22-16)19-10-20-9-18(24-19)23-13-6-14(11-26-2)21-8-13/h4-5,7,9-10,12-14,21H,3,6,8,11H2,1-2H3,(H,23,24). The van der Waals surface area contributed by atoms with Gasteiger partial charge in [-0.1, -0.05) is 0 Å². The number of nitrogens with zero attached hydrogens (tertiary/aromatic N) is 4. The molecule has 2 N–H and O–H groups in total. The summed E-state index contributed by atoms with van der Waals surface area (Å²) in [4.78, 5) is 13.5. The molecule has 0 aliphatic carbocycles. The molecule has 8 heteroatoms. The lowest BCUT2D eigenvalue weighted by molar-refractivity contribution is 0.173. The third-order valence-corrected chi connectivity index (χ3v) is 4.64. The van der Waals surface area contributed by atoms with Gasteiger partial charge in [0.15, 0.2) is 5.82 Å². The van der Waals surface area contributed by atoms with Gasteiger partial charge in [-0.2, -0.15) is 0 Å². The molecule has 1 aromatic carbocycles. The summed E-state index contributed by atoms with van der Waals surface area (Å²) in [5, 5.41) is 6.91. The van der Waals surface area contributed by atoms with Crippen LogP contribution in [0.4, 0.5) is 5.82 Å². The Morgan fingerprint density at radius 1 is 1.33 bits per heavy atom. The van der Waals surface area contributed by atoms with Crippen molar-refractivity contribution in [3.63, 3.8) is 0 Å². The van der Waals surface area contributed by atoms with Crippen LogP contribution in [-0.2, 0) is 4.74 Å². The van der Waals surface area contributed by atoms with Gasteiger partial charge in [-0.3, -0.25) is 9.55 Å². The van der Waals surface area contributed by atoms with Gasteiger partial charge in [-0.05, 0) is 25.5 Å². The zero-order valence-corrected chi connectivity index (χ0v) is 15.6. The van der Waals surface area contributed by atoms with Crippen molar-refractivity contribution in [3.05, 3.63) is 36.9 Å².